The van der Waals surface area contributed by atoms with Crippen molar-refractivity contribution in [3.63, 3.8) is 0 Å². The normalized spacial score (nSPS) is 17.1. The molecular weight excluding hydrogens is 252 g/mol. The Bertz CT molecular complexity index is 559. The maximum absolute atomic E-state index is 12.3. The van der Waals surface area contributed by atoms with E-state index in [1.54, 1.807) is 29.2 Å². The molecule has 1 heterocycles. The third kappa shape index (κ3) is 2.96. The van der Waals surface area contributed by atoms with Crippen LogP contribution in [0.3, 0.4) is 0 Å². The smallest absolute Gasteiger partial charge is 0.253 e. The number of carbonyl (C=O) groups excluding carboxylic acids is 1. The van der Waals surface area contributed by atoms with Crippen molar-refractivity contribution in [1.82, 2.24) is 9.80 Å². The monoisotopic (exact) mass is 268 g/mol. The van der Waals surface area contributed by atoms with Gasteiger partial charge in [0.25, 0.3) is 5.91 Å². The van der Waals surface area contributed by atoms with E-state index in [1.807, 2.05) is 13.0 Å². The summed E-state index contributed by atoms with van der Waals surface area (Å²) in [5.41, 5.74) is 1.15. The molecule has 1 unspecified atom stereocenters. The SMILES string of the molecule is CC(C#N)N1CCN(C(=O)c2ccc(C#N)cc2)CC1. The molecule has 0 spiro atoms. The molecule has 5 nitrogen and oxygen atoms in total. The molecule has 1 aliphatic rings. The number of amides is 1. The Hall–Kier alpha value is -2.37. The van der Waals surface area contributed by atoms with Crippen LogP contribution in [-0.2, 0) is 0 Å². The Morgan fingerprint density at radius 1 is 1.15 bits per heavy atom. The molecule has 0 radical (unpaired) electrons. The first-order valence-corrected chi connectivity index (χ1v) is 6.59. The van der Waals surface area contributed by atoms with Gasteiger partial charge in [0.05, 0.1) is 23.7 Å². The van der Waals surface area contributed by atoms with E-state index in [0.29, 0.717) is 24.2 Å². The molecule has 0 aromatic heterocycles. The number of rotatable bonds is 2. The van der Waals surface area contributed by atoms with Crippen molar-refractivity contribution in [1.29, 1.82) is 10.5 Å². The van der Waals surface area contributed by atoms with Gasteiger partial charge in [-0.25, -0.2) is 0 Å². The second-order valence-corrected chi connectivity index (χ2v) is 4.82. The van der Waals surface area contributed by atoms with Crippen molar-refractivity contribution in [2.75, 3.05) is 26.2 Å². The summed E-state index contributed by atoms with van der Waals surface area (Å²) in [7, 11) is 0. The zero-order chi connectivity index (χ0) is 14.5. The first-order chi connectivity index (χ1) is 9.65. The summed E-state index contributed by atoms with van der Waals surface area (Å²) in [4.78, 5) is 16.2. The van der Waals surface area contributed by atoms with Crippen LogP contribution < -0.4 is 0 Å². The lowest BCUT2D eigenvalue weighted by Gasteiger charge is -2.35. The van der Waals surface area contributed by atoms with Crippen LogP contribution in [0.4, 0.5) is 0 Å². The van der Waals surface area contributed by atoms with Crippen molar-refractivity contribution >= 4 is 5.91 Å². The van der Waals surface area contributed by atoms with Crippen LogP contribution in [-0.4, -0.2) is 47.9 Å². The van der Waals surface area contributed by atoms with Crippen molar-refractivity contribution in [2.45, 2.75) is 13.0 Å². The minimum Gasteiger partial charge on any atom is -0.336 e. The van der Waals surface area contributed by atoms with Crippen LogP contribution in [0.5, 0.6) is 0 Å². The average Bonchev–Trinajstić information content (AvgIpc) is 2.53. The standard InChI is InChI=1S/C15H16N4O/c1-12(10-16)18-6-8-19(9-7-18)15(20)14-4-2-13(11-17)3-5-14/h2-5,12H,6-9H2,1H3. The Kier molecular flexibility index (Phi) is 4.34. The molecule has 1 aromatic rings. The zero-order valence-corrected chi connectivity index (χ0v) is 11.4. The summed E-state index contributed by atoms with van der Waals surface area (Å²) >= 11 is 0. The maximum Gasteiger partial charge on any atom is 0.253 e. The van der Waals surface area contributed by atoms with Crippen LogP contribution in [0.15, 0.2) is 24.3 Å². The molecule has 0 saturated carbocycles. The summed E-state index contributed by atoms with van der Waals surface area (Å²) in [5, 5.41) is 17.6. The highest BCUT2D eigenvalue weighted by atomic mass is 16.2. The molecule has 20 heavy (non-hydrogen) atoms. The molecule has 1 saturated heterocycles. The number of hydrogen-bond donors (Lipinski definition) is 0. The maximum atomic E-state index is 12.3. The first kappa shape index (κ1) is 14.0. The second kappa shape index (κ2) is 6.18. The van der Waals surface area contributed by atoms with Gasteiger partial charge in [-0.05, 0) is 31.2 Å². The fourth-order valence-corrected chi connectivity index (χ4v) is 2.26. The van der Waals surface area contributed by atoms with Crippen LogP contribution >= 0.6 is 0 Å². The van der Waals surface area contributed by atoms with Gasteiger partial charge in [0, 0.05) is 31.7 Å². The summed E-state index contributed by atoms with van der Waals surface area (Å²) in [6, 6.07) is 10.8. The molecule has 1 aliphatic heterocycles. The molecule has 0 bridgehead atoms. The minimum atomic E-state index is -0.109. The van der Waals surface area contributed by atoms with E-state index < -0.39 is 0 Å². The summed E-state index contributed by atoms with van der Waals surface area (Å²) < 4.78 is 0. The van der Waals surface area contributed by atoms with E-state index in [4.69, 9.17) is 10.5 Å². The first-order valence-electron chi connectivity index (χ1n) is 6.59. The van der Waals surface area contributed by atoms with E-state index >= 15 is 0 Å². The van der Waals surface area contributed by atoms with Gasteiger partial charge in [0.15, 0.2) is 0 Å². The fraction of sp³-hybridized carbons (Fsp3) is 0.400. The van der Waals surface area contributed by atoms with Gasteiger partial charge in [-0.2, -0.15) is 10.5 Å². The number of nitrogens with zero attached hydrogens (tertiary/aromatic N) is 4. The van der Waals surface area contributed by atoms with Gasteiger partial charge in [0.2, 0.25) is 0 Å². The molecule has 2 rings (SSSR count). The zero-order valence-electron chi connectivity index (χ0n) is 11.4. The van der Waals surface area contributed by atoms with E-state index in [-0.39, 0.29) is 11.9 Å². The molecule has 102 valence electrons. The van der Waals surface area contributed by atoms with Gasteiger partial charge in [-0.3, -0.25) is 9.69 Å². The molecule has 0 N–H and O–H groups in total. The van der Waals surface area contributed by atoms with Gasteiger partial charge in [-0.15, -0.1) is 0 Å². The number of nitriles is 2. The number of hydrogen-bond acceptors (Lipinski definition) is 4. The predicted molar refractivity (Wildman–Crippen MR) is 73.7 cm³/mol. The Balaban J connectivity index is 1.98. The number of benzene rings is 1. The summed E-state index contributed by atoms with van der Waals surface area (Å²) in [6.45, 7) is 4.57. The topological polar surface area (TPSA) is 71.1 Å². The summed E-state index contributed by atoms with van der Waals surface area (Å²) in [5.74, 6) is -0.0150. The molecule has 0 aliphatic carbocycles. The van der Waals surface area contributed by atoms with E-state index in [1.165, 1.54) is 0 Å². The van der Waals surface area contributed by atoms with E-state index in [0.717, 1.165) is 13.1 Å². The molecule has 1 amide bonds. The molecule has 1 fully saturated rings. The molecule has 1 atom stereocenters. The highest BCUT2D eigenvalue weighted by Crippen LogP contribution is 2.11. The van der Waals surface area contributed by atoms with Crippen molar-refractivity contribution in [3.8, 4) is 12.1 Å². The minimum absolute atomic E-state index is 0.0150. The van der Waals surface area contributed by atoms with Crippen molar-refractivity contribution < 1.29 is 4.79 Å². The largest absolute Gasteiger partial charge is 0.336 e. The Morgan fingerprint density at radius 3 is 2.25 bits per heavy atom. The van der Waals surface area contributed by atoms with Gasteiger partial charge >= 0.3 is 0 Å². The van der Waals surface area contributed by atoms with Crippen molar-refractivity contribution in [2.24, 2.45) is 0 Å². The van der Waals surface area contributed by atoms with Crippen LogP contribution in [0.2, 0.25) is 0 Å². The molecular formula is C15H16N4O. The number of carbonyl (C=O) groups is 1. The van der Waals surface area contributed by atoms with Crippen molar-refractivity contribution in [3.05, 3.63) is 35.4 Å². The quantitative estimate of drug-likeness (QED) is 0.808. The number of piperazine rings is 1. The van der Waals surface area contributed by atoms with Gasteiger partial charge in [-0.1, -0.05) is 0 Å². The second-order valence-electron chi connectivity index (χ2n) is 4.82. The Labute approximate surface area is 118 Å². The average molecular weight is 268 g/mol. The third-order valence-corrected chi connectivity index (χ3v) is 3.60. The molecule has 5 heteroatoms. The predicted octanol–water partition coefficient (Wildman–Crippen LogP) is 1.23. The lowest BCUT2D eigenvalue weighted by molar-refractivity contribution is 0.0615. The van der Waals surface area contributed by atoms with Gasteiger partial charge < -0.3 is 4.90 Å². The van der Waals surface area contributed by atoms with E-state index in [9.17, 15) is 4.79 Å². The third-order valence-electron chi connectivity index (χ3n) is 3.60. The highest BCUT2D eigenvalue weighted by molar-refractivity contribution is 5.94. The van der Waals surface area contributed by atoms with E-state index in [2.05, 4.69) is 11.0 Å². The van der Waals surface area contributed by atoms with Crippen LogP contribution in [0.25, 0.3) is 0 Å². The van der Waals surface area contributed by atoms with Crippen LogP contribution in [0.1, 0.15) is 22.8 Å². The molecule has 1 aromatic carbocycles. The Morgan fingerprint density at radius 2 is 1.75 bits per heavy atom. The van der Waals surface area contributed by atoms with Gasteiger partial charge in [0.1, 0.15) is 0 Å². The lowest BCUT2D eigenvalue weighted by atomic mass is 10.1. The fourth-order valence-electron chi connectivity index (χ4n) is 2.26. The summed E-state index contributed by atoms with van der Waals surface area (Å²) in [6.07, 6.45) is 0. The highest BCUT2D eigenvalue weighted by Gasteiger charge is 2.24. The lowest BCUT2D eigenvalue weighted by Crippen LogP contribution is -2.51. The van der Waals surface area contributed by atoms with Crippen LogP contribution in [0, 0.1) is 22.7 Å².